The van der Waals surface area contributed by atoms with Crippen molar-refractivity contribution in [3.63, 3.8) is 0 Å². The predicted molar refractivity (Wildman–Crippen MR) is 96.8 cm³/mol. The van der Waals surface area contributed by atoms with E-state index in [9.17, 15) is 8.42 Å². The number of rotatable bonds is 6. The number of hydrogen-bond donors (Lipinski definition) is 1. The molecule has 1 aliphatic rings. The zero-order valence-corrected chi connectivity index (χ0v) is 15.0. The molecule has 1 aliphatic carbocycles. The number of benzene rings is 2. The second kappa shape index (κ2) is 6.57. The van der Waals surface area contributed by atoms with E-state index in [2.05, 4.69) is 29.0 Å². The van der Waals surface area contributed by atoms with Gasteiger partial charge in [0.15, 0.2) is 0 Å². The molecule has 2 atom stereocenters. The number of sulfonamides is 1. The molecule has 24 heavy (non-hydrogen) atoms. The third kappa shape index (κ3) is 3.62. The largest absolute Gasteiger partial charge is 0.497 e. The molecule has 4 nitrogen and oxygen atoms in total. The molecule has 0 radical (unpaired) electrons. The predicted octanol–water partition coefficient (Wildman–Crippen LogP) is 3.55. The third-order valence-corrected chi connectivity index (χ3v) is 6.34. The minimum absolute atomic E-state index is 0.0278. The summed E-state index contributed by atoms with van der Waals surface area (Å²) in [6, 6.07) is 16.3. The Balaban J connectivity index is 1.70. The fourth-order valence-corrected chi connectivity index (χ4v) is 3.72. The van der Waals surface area contributed by atoms with Crippen LogP contribution in [0.25, 0.3) is 11.1 Å². The fourth-order valence-electron chi connectivity index (χ4n) is 2.77. The third-order valence-electron chi connectivity index (χ3n) is 4.47. The van der Waals surface area contributed by atoms with Crippen LogP contribution in [-0.4, -0.2) is 26.8 Å². The molecular weight excluding hydrogens is 322 g/mol. The SMILES string of the molecule is COc1cccc(-c2ccc(C3CC3NS(=O)(=O)C(C)C)cc2)c1. The summed E-state index contributed by atoms with van der Waals surface area (Å²) in [6.07, 6.45) is 0.866. The van der Waals surface area contributed by atoms with Crippen molar-refractivity contribution in [3.05, 3.63) is 54.1 Å². The molecule has 1 N–H and O–H groups in total. The Morgan fingerprint density at radius 2 is 1.79 bits per heavy atom. The van der Waals surface area contributed by atoms with Crippen LogP contribution in [0.3, 0.4) is 0 Å². The van der Waals surface area contributed by atoms with Gasteiger partial charge in [-0.25, -0.2) is 13.1 Å². The van der Waals surface area contributed by atoms with Gasteiger partial charge in [0.2, 0.25) is 10.0 Å². The number of methoxy groups -OCH3 is 1. The van der Waals surface area contributed by atoms with E-state index in [4.69, 9.17) is 4.74 Å². The second-order valence-corrected chi connectivity index (χ2v) is 8.78. The van der Waals surface area contributed by atoms with Crippen LogP contribution in [0.15, 0.2) is 48.5 Å². The van der Waals surface area contributed by atoms with Gasteiger partial charge in [-0.1, -0.05) is 36.4 Å². The lowest BCUT2D eigenvalue weighted by atomic mass is 10.0. The maximum absolute atomic E-state index is 11.9. The molecule has 0 spiro atoms. The average Bonchev–Trinajstić information content (AvgIpc) is 3.33. The second-order valence-electron chi connectivity index (χ2n) is 6.51. The van der Waals surface area contributed by atoms with Gasteiger partial charge in [0.1, 0.15) is 5.75 Å². The molecule has 1 saturated carbocycles. The average molecular weight is 345 g/mol. The van der Waals surface area contributed by atoms with E-state index in [1.807, 2.05) is 24.3 Å². The molecule has 0 heterocycles. The van der Waals surface area contributed by atoms with Gasteiger partial charge in [-0.2, -0.15) is 0 Å². The molecule has 0 aromatic heterocycles. The van der Waals surface area contributed by atoms with Crippen molar-refractivity contribution in [1.29, 1.82) is 0 Å². The molecule has 2 aromatic rings. The Kier molecular flexibility index (Phi) is 4.65. The van der Waals surface area contributed by atoms with Gasteiger partial charge >= 0.3 is 0 Å². The summed E-state index contributed by atoms with van der Waals surface area (Å²) >= 11 is 0. The lowest BCUT2D eigenvalue weighted by molar-refractivity contribution is 0.415. The number of hydrogen-bond acceptors (Lipinski definition) is 3. The fraction of sp³-hybridized carbons (Fsp3) is 0.368. The van der Waals surface area contributed by atoms with Gasteiger partial charge in [-0.15, -0.1) is 0 Å². The smallest absolute Gasteiger partial charge is 0.214 e. The van der Waals surface area contributed by atoms with Crippen LogP contribution < -0.4 is 9.46 Å². The van der Waals surface area contributed by atoms with Crippen molar-refractivity contribution in [1.82, 2.24) is 4.72 Å². The Morgan fingerprint density at radius 1 is 1.08 bits per heavy atom. The highest BCUT2D eigenvalue weighted by Crippen LogP contribution is 2.42. The van der Waals surface area contributed by atoms with Gasteiger partial charge in [0, 0.05) is 12.0 Å². The number of nitrogens with one attached hydrogen (secondary N) is 1. The first-order chi connectivity index (χ1) is 11.4. The Bertz CT molecular complexity index is 813. The highest BCUT2D eigenvalue weighted by Gasteiger charge is 2.41. The summed E-state index contributed by atoms with van der Waals surface area (Å²) in [5.41, 5.74) is 3.41. The Morgan fingerprint density at radius 3 is 2.42 bits per heavy atom. The van der Waals surface area contributed by atoms with Crippen LogP contribution in [0, 0.1) is 0 Å². The summed E-state index contributed by atoms with van der Waals surface area (Å²) in [7, 11) is -1.54. The first-order valence-electron chi connectivity index (χ1n) is 8.16. The van der Waals surface area contributed by atoms with Crippen LogP contribution in [0.1, 0.15) is 31.7 Å². The summed E-state index contributed by atoms with van der Waals surface area (Å²) in [5, 5.41) is -0.394. The lowest BCUT2D eigenvalue weighted by Gasteiger charge is -2.09. The quantitative estimate of drug-likeness (QED) is 0.871. The highest BCUT2D eigenvalue weighted by atomic mass is 32.2. The van der Waals surface area contributed by atoms with E-state index in [-0.39, 0.29) is 12.0 Å². The molecule has 2 unspecified atom stereocenters. The van der Waals surface area contributed by atoms with E-state index in [1.54, 1.807) is 21.0 Å². The normalized spacial score (nSPS) is 20.2. The minimum atomic E-state index is -3.20. The summed E-state index contributed by atoms with van der Waals surface area (Å²) in [6.45, 7) is 3.39. The van der Waals surface area contributed by atoms with E-state index in [1.165, 1.54) is 5.56 Å². The molecular formula is C19H23NO3S. The molecule has 0 amide bonds. The standard InChI is InChI=1S/C19H23NO3S/c1-13(2)24(21,22)20-19-12-18(19)15-9-7-14(8-10-15)16-5-4-6-17(11-16)23-3/h4-11,13,18-20H,12H2,1-3H3. The summed E-state index contributed by atoms with van der Waals surface area (Å²) < 4.78 is 31.9. The van der Waals surface area contributed by atoms with Crippen LogP contribution in [0.5, 0.6) is 5.75 Å². The van der Waals surface area contributed by atoms with Crippen molar-refractivity contribution < 1.29 is 13.2 Å². The van der Waals surface area contributed by atoms with E-state index >= 15 is 0 Å². The monoisotopic (exact) mass is 345 g/mol. The minimum Gasteiger partial charge on any atom is -0.497 e. The van der Waals surface area contributed by atoms with E-state index in [0.29, 0.717) is 0 Å². The topological polar surface area (TPSA) is 55.4 Å². The first-order valence-corrected chi connectivity index (χ1v) is 9.71. The molecule has 0 bridgehead atoms. The van der Waals surface area contributed by atoms with Crippen molar-refractivity contribution in [2.24, 2.45) is 0 Å². The molecule has 0 saturated heterocycles. The maximum atomic E-state index is 11.9. The van der Waals surface area contributed by atoms with Gasteiger partial charge in [-0.05, 0) is 49.1 Å². The zero-order valence-electron chi connectivity index (χ0n) is 14.2. The zero-order chi connectivity index (χ0) is 17.3. The highest BCUT2D eigenvalue weighted by molar-refractivity contribution is 7.90. The van der Waals surface area contributed by atoms with Crippen molar-refractivity contribution in [3.8, 4) is 16.9 Å². The Hall–Kier alpha value is -1.85. The molecule has 5 heteroatoms. The van der Waals surface area contributed by atoms with Crippen molar-refractivity contribution >= 4 is 10.0 Å². The van der Waals surface area contributed by atoms with E-state index < -0.39 is 15.3 Å². The molecule has 3 rings (SSSR count). The molecule has 2 aromatic carbocycles. The van der Waals surface area contributed by atoms with Gasteiger partial charge < -0.3 is 4.74 Å². The first kappa shape index (κ1) is 17.0. The molecule has 1 fully saturated rings. The van der Waals surface area contributed by atoms with Crippen LogP contribution in [0.4, 0.5) is 0 Å². The van der Waals surface area contributed by atoms with Gasteiger partial charge in [0.05, 0.1) is 12.4 Å². The summed E-state index contributed by atoms with van der Waals surface area (Å²) in [5.74, 6) is 1.11. The number of ether oxygens (including phenoxy) is 1. The van der Waals surface area contributed by atoms with Crippen LogP contribution >= 0.6 is 0 Å². The maximum Gasteiger partial charge on any atom is 0.214 e. The van der Waals surface area contributed by atoms with Crippen molar-refractivity contribution in [2.75, 3.05) is 7.11 Å². The molecule has 0 aliphatic heterocycles. The molecule has 128 valence electrons. The Labute approximate surface area is 143 Å². The summed E-state index contributed by atoms with van der Waals surface area (Å²) in [4.78, 5) is 0. The van der Waals surface area contributed by atoms with Gasteiger partial charge in [-0.3, -0.25) is 0 Å². The van der Waals surface area contributed by atoms with Gasteiger partial charge in [0.25, 0.3) is 0 Å². The van der Waals surface area contributed by atoms with E-state index in [0.717, 1.165) is 23.3 Å². The van der Waals surface area contributed by atoms with Crippen LogP contribution in [0.2, 0.25) is 0 Å². The van der Waals surface area contributed by atoms with Crippen molar-refractivity contribution in [2.45, 2.75) is 37.5 Å². The van der Waals surface area contributed by atoms with Crippen LogP contribution in [-0.2, 0) is 10.0 Å². The lowest BCUT2D eigenvalue weighted by Crippen LogP contribution is -2.33.